The molecule has 0 saturated carbocycles. The van der Waals surface area contributed by atoms with E-state index in [0.29, 0.717) is 32.6 Å². The fourth-order valence-corrected chi connectivity index (χ4v) is 5.12. The van der Waals surface area contributed by atoms with E-state index in [1.807, 2.05) is 42.5 Å². The normalized spacial score (nSPS) is 16.1. The van der Waals surface area contributed by atoms with E-state index in [1.165, 1.54) is 0 Å². The summed E-state index contributed by atoms with van der Waals surface area (Å²) in [6, 6.07) is 17.0. The van der Waals surface area contributed by atoms with Gasteiger partial charge in [0.1, 0.15) is 17.5 Å². The number of β-amino-alcohol motifs (C(OH)–C–C–N with tert-alkyl or cyclic N) is 1. The van der Waals surface area contributed by atoms with Crippen molar-refractivity contribution in [3.63, 3.8) is 0 Å². The zero-order valence-corrected chi connectivity index (χ0v) is 23.5. The van der Waals surface area contributed by atoms with Gasteiger partial charge in [-0.25, -0.2) is 0 Å². The Morgan fingerprint density at radius 2 is 1.68 bits per heavy atom. The molecule has 1 fully saturated rings. The first kappa shape index (κ1) is 29.5. The van der Waals surface area contributed by atoms with E-state index in [9.17, 15) is 15.0 Å². The third-order valence-electron chi connectivity index (χ3n) is 7.39. The molecule has 0 aliphatic carbocycles. The van der Waals surface area contributed by atoms with Crippen LogP contribution in [0.5, 0.6) is 11.5 Å². The number of hydrogen-bond acceptors (Lipinski definition) is 7. The maximum absolute atomic E-state index is 11.7. The molecule has 40 heavy (non-hydrogen) atoms. The Labute approximate surface area is 237 Å². The number of nitrogens with one attached hydrogen (secondary N) is 1. The van der Waals surface area contributed by atoms with Crippen LogP contribution in [0.15, 0.2) is 60.8 Å². The third kappa shape index (κ3) is 8.27. The van der Waals surface area contributed by atoms with Crippen LogP contribution in [-0.2, 0) is 11.2 Å². The lowest BCUT2D eigenvalue weighted by molar-refractivity contribution is -0.139. The number of rotatable bonds is 15. The van der Waals surface area contributed by atoms with E-state index >= 15 is 0 Å². The van der Waals surface area contributed by atoms with Gasteiger partial charge in [-0.15, -0.1) is 0 Å². The van der Waals surface area contributed by atoms with Gasteiger partial charge < -0.3 is 29.9 Å². The van der Waals surface area contributed by atoms with Crippen LogP contribution >= 0.6 is 0 Å². The minimum absolute atomic E-state index is 0.188. The van der Waals surface area contributed by atoms with Gasteiger partial charge in [-0.1, -0.05) is 30.3 Å². The first-order valence-electron chi connectivity index (χ1n) is 14.1. The smallest absolute Gasteiger partial charge is 0.321 e. The fraction of sp³-hybridized carbons (Fsp3) is 0.438. The molecule has 0 bridgehead atoms. The summed E-state index contributed by atoms with van der Waals surface area (Å²) >= 11 is 0. The van der Waals surface area contributed by atoms with Gasteiger partial charge in [0.2, 0.25) is 0 Å². The summed E-state index contributed by atoms with van der Waals surface area (Å²) in [5.41, 5.74) is 5.12. The molecule has 2 heterocycles. The summed E-state index contributed by atoms with van der Waals surface area (Å²) in [5, 5.41) is 22.4. The molecule has 8 nitrogen and oxygen atoms in total. The van der Waals surface area contributed by atoms with Gasteiger partial charge in [-0.3, -0.25) is 9.78 Å². The van der Waals surface area contributed by atoms with E-state index in [0.717, 1.165) is 71.9 Å². The van der Waals surface area contributed by atoms with E-state index in [1.54, 1.807) is 6.20 Å². The summed E-state index contributed by atoms with van der Waals surface area (Å²) < 4.78 is 12.3. The van der Waals surface area contributed by atoms with Crippen molar-refractivity contribution in [1.29, 1.82) is 0 Å². The number of benzene rings is 2. The number of aliphatic carboxylic acids is 1. The van der Waals surface area contributed by atoms with Crippen molar-refractivity contribution >= 4 is 5.97 Å². The maximum Gasteiger partial charge on any atom is 0.321 e. The standard InChI is InChI=1S/C32H41N3O5/c1-23-27(28-11-6-13-31(24(28)2)40-20-8-17-35-18-14-26(36)22-35)10-5-12-30(23)39-19-7-16-34-29(32(37)38)21-25-9-3-4-15-33-25/h3-6,9-13,15,26,29,34,36H,7-8,14,16-22H2,1-2H3,(H,37,38)/t26-,29?/m1/s1. The molecule has 1 unspecified atom stereocenters. The number of likely N-dealkylation sites (tertiary alicyclic amines) is 1. The van der Waals surface area contributed by atoms with Gasteiger partial charge in [0, 0.05) is 37.9 Å². The molecule has 1 aliphatic heterocycles. The molecule has 3 N–H and O–H groups in total. The number of aliphatic hydroxyl groups excluding tert-OH is 1. The van der Waals surface area contributed by atoms with Crippen LogP contribution in [0.4, 0.5) is 0 Å². The van der Waals surface area contributed by atoms with Gasteiger partial charge >= 0.3 is 5.97 Å². The van der Waals surface area contributed by atoms with Crippen molar-refractivity contribution in [3.8, 4) is 22.6 Å². The molecule has 1 aliphatic rings. The minimum atomic E-state index is -0.886. The molecular weight excluding hydrogens is 506 g/mol. The van der Waals surface area contributed by atoms with Crippen LogP contribution in [-0.4, -0.2) is 77.6 Å². The van der Waals surface area contributed by atoms with Gasteiger partial charge in [0.15, 0.2) is 0 Å². The number of aromatic nitrogens is 1. The van der Waals surface area contributed by atoms with Crippen LogP contribution in [0.3, 0.4) is 0 Å². The van der Waals surface area contributed by atoms with Crippen molar-refractivity contribution in [1.82, 2.24) is 15.2 Å². The predicted molar refractivity (Wildman–Crippen MR) is 156 cm³/mol. The minimum Gasteiger partial charge on any atom is -0.493 e. The summed E-state index contributed by atoms with van der Waals surface area (Å²) in [6.07, 6.45) is 4.28. The average Bonchev–Trinajstić information content (AvgIpc) is 3.37. The summed E-state index contributed by atoms with van der Waals surface area (Å²) in [6.45, 7) is 8.44. The first-order chi connectivity index (χ1) is 19.4. The van der Waals surface area contributed by atoms with E-state index in [-0.39, 0.29) is 6.10 Å². The second kappa shape index (κ2) is 14.8. The molecule has 214 valence electrons. The van der Waals surface area contributed by atoms with Crippen LogP contribution in [0.1, 0.15) is 36.1 Å². The zero-order chi connectivity index (χ0) is 28.3. The molecule has 0 spiro atoms. The average molecular weight is 548 g/mol. The highest BCUT2D eigenvalue weighted by Gasteiger charge is 2.20. The number of nitrogens with zero attached hydrogens (tertiary/aromatic N) is 2. The number of carboxylic acid groups (broad SMARTS) is 1. The SMILES string of the molecule is Cc1c(OCCCNC(Cc2ccccn2)C(=O)O)cccc1-c1cccc(OCCCN2CC[C@@H](O)C2)c1C. The Morgan fingerprint density at radius 1 is 1.00 bits per heavy atom. The third-order valence-corrected chi connectivity index (χ3v) is 7.39. The molecule has 1 saturated heterocycles. The molecule has 8 heteroatoms. The molecule has 4 rings (SSSR count). The van der Waals surface area contributed by atoms with Crippen LogP contribution < -0.4 is 14.8 Å². The number of pyridine rings is 1. The van der Waals surface area contributed by atoms with Crippen molar-refractivity contribution in [2.75, 3.05) is 39.4 Å². The van der Waals surface area contributed by atoms with Gasteiger partial charge in [0.25, 0.3) is 0 Å². The van der Waals surface area contributed by atoms with Crippen molar-refractivity contribution in [2.45, 2.75) is 51.7 Å². The van der Waals surface area contributed by atoms with Crippen LogP contribution in [0.2, 0.25) is 0 Å². The number of aliphatic hydroxyl groups is 1. The molecule has 0 radical (unpaired) electrons. The maximum atomic E-state index is 11.7. The number of ether oxygens (including phenoxy) is 2. The lowest BCUT2D eigenvalue weighted by atomic mass is 9.95. The quantitative estimate of drug-likeness (QED) is 0.243. The Balaban J connectivity index is 1.28. The first-order valence-corrected chi connectivity index (χ1v) is 14.1. The highest BCUT2D eigenvalue weighted by molar-refractivity contribution is 5.74. The van der Waals surface area contributed by atoms with Crippen LogP contribution in [0, 0.1) is 13.8 Å². The zero-order valence-electron chi connectivity index (χ0n) is 23.5. The van der Waals surface area contributed by atoms with E-state index < -0.39 is 12.0 Å². The molecule has 2 atom stereocenters. The fourth-order valence-electron chi connectivity index (χ4n) is 5.12. The van der Waals surface area contributed by atoms with Gasteiger partial charge in [-0.05, 0) is 86.2 Å². The Bertz CT molecular complexity index is 1240. The molecular formula is C32H41N3O5. The molecule has 3 aromatic rings. The number of carbonyl (C=O) groups is 1. The lowest BCUT2D eigenvalue weighted by Crippen LogP contribution is -2.39. The van der Waals surface area contributed by atoms with E-state index in [2.05, 4.69) is 41.2 Å². The molecule has 0 amide bonds. The second-order valence-electron chi connectivity index (χ2n) is 10.4. The Kier molecular flexibility index (Phi) is 10.9. The van der Waals surface area contributed by atoms with Crippen molar-refractivity contribution < 1.29 is 24.5 Å². The topological polar surface area (TPSA) is 104 Å². The Hall–Kier alpha value is -3.46. The van der Waals surface area contributed by atoms with Gasteiger partial charge in [-0.2, -0.15) is 0 Å². The number of carboxylic acids is 1. The second-order valence-corrected chi connectivity index (χ2v) is 10.4. The van der Waals surface area contributed by atoms with Crippen LogP contribution in [0.25, 0.3) is 11.1 Å². The lowest BCUT2D eigenvalue weighted by Gasteiger charge is -2.18. The summed E-state index contributed by atoms with van der Waals surface area (Å²) in [7, 11) is 0. The number of hydrogen-bond donors (Lipinski definition) is 3. The van der Waals surface area contributed by atoms with Crippen molar-refractivity contribution in [2.24, 2.45) is 0 Å². The van der Waals surface area contributed by atoms with Crippen molar-refractivity contribution in [3.05, 3.63) is 77.6 Å². The summed E-state index contributed by atoms with van der Waals surface area (Å²) in [4.78, 5) is 18.2. The monoisotopic (exact) mass is 547 g/mol. The highest BCUT2D eigenvalue weighted by Crippen LogP contribution is 2.35. The molecule has 2 aromatic carbocycles. The summed E-state index contributed by atoms with van der Waals surface area (Å²) in [5.74, 6) is 0.817. The molecule has 1 aromatic heterocycles. The van der Waals surface area contributed by atoms with E-state index in [4.69, 9.17) is 9.47 Å². The Morgan fingerprint density at radius 3 is 2.25 bits per heavy atom. The largest absolute Gasteiger partial charge is 0.493 e. The predicted octanol–water partition coefficient (Wildman–Crippen LogP) is 4.26. The van der Waals surface area contributed by atoms with Gasteiger partial charge in [0.05, 0.1) is 19.3 Å². The highest BCUT2D eigenvalue weighted by atomic mass is 16.5.